The molecule has 1 aliphatic carbocycles. The highest BCUT2D eigenvalue weighted by atomic mass is 79.9. The first kappa shape index (κ1) is 13.7. The highest BCUT2D eigenvalue weighted by molar-refractivity contribution is 9.10. The van der Waals surface area contributed by atoms with Crippen LogP contribution in [0.1, 0.15) is 33.1 Å². The van der Waals surface area contributed by atoms with Crippen LogP contribution >= 0.6 is 15.9 Å². The van der Waals surface area contributed by atoms with Crippen molar-refractivity contribution >= 4 is 21.6 Å². The fourth-order valence-electron chi connectivity index (χ4n) is 2.91. The molecule has 2 unspecified atom stereocenters. The lowest BCUT2D eigenvalue weighted by Crippen LogP contribution is -2.37. The SMILES string of the molecule is COc1cc(NC2C(C)CCCC2C)ccc1Br. The molecular weight excluding hydrogens is 290 g/mol. The number of anilines is 1. The minimum atomic E-state index is 0.574. The van der Waals surface area contributed by atoms with E-state index in [1.165, 1.54) is 19.3 Å². The minimum Gasteiger partial charge on any atom is -0.495 e. The van der Waals surface area contributed by atoms with Crippen LogP contribution in [0.4, 0.5) is 5.69 Å². The van der Waals surface area contributed by atoms with Crippen molar-refractivity contribution in [1.29, 1.82) is 0 Å². The van der Waals surface area contributed by atoms with Gasteiger partial charge in [0.1, 0.15) is 5.75 Å². The number of benzene rings is 1. The van der Waals surface area contributed by atoms with Crippen molar-refractivity contribution in [1.82, 2.24) is 0 Å². The maximum Gasteiger partial charge on any atom is 0.135 e. The lowest BCUT2D eigenvalue weighted by atomic mass is 9.78. The van der Waals surface area contributed by atoms with Crippen LogP contribution in [0.25, 0.3) is 0 Å². The molecule has 0 aliphatic heterocycles. The molecule has 1 aromatic rings. The first-order valence-corrected chi connectivity index (χ1v) is 7.51. The third kappa shape index (κ3) is 3.00. The van der Waals surface area contributed by atoms with Crippen molar-refractivity contribution in [2.75, 3.05) is 12.4 Å². The molecule has 1 saturated carbocycles. The van der Waals surface area contributed by atoms with Crippen molar-refractivity contribution in [3.63, 3.8) is 0 Å². The smallest absolute Gasteiger partial charge is 0.135 e. The van der Waals surface area contributed by atoms with Crippen LogP contribution in [0.15, 0.2) is 22.7 Å². The summed E-state index contributed by atoms with van der Waals surface area (Å²) in [6.07, 6.45) is 4.02. The molecule has 0 radical (unpaired) electrons. The number of hydrogen-bond acceptors (Lipinski definition) is 2. The van der Waals surface area contributed by atoms with Gasteiger partial charge in [0.2, 0.25) is 0 Å². The molecule has 100 valence electrons. The largest absolute Gasteiger partial charge is 0.495 e. The van der Waals surface area contributed by atoms with E-state index in [0.717, 1.165) is 27.7 Å². The molecule has 18 heavy (non-hydrogen) atoms. The molecule has 0 saturated heterocycles. The van der Waals surface area contributed by atoms with Gasteiger partial charge in [-0.3, -0.25) is 0 Å². The van der Waals surface area contributed by atoms with Gasteiger partial charge in [0, 0.05) is 17.8 Å². The first-order chi connectivity index (χ1) is 8.61. The molecule has 0 spiro atoms. The molecule has 1 aliphatic rings. The molecule has 1 N–H and O–H groups in total. The zero-order chi connectivity index (χ0) is 13.1. The zero-order valence-corrected chi connectivity index (χ0v) is 13.0. The van der Waals surface area contributed by atoms with E-state index >= 15 is 0 Å². The van der Waals surface area contributed by atoms with Gasteiger partial charge in [-0.05, 0) is 52.7 Å². The lowest BCUT2D eigenvalue weighted by Gasteiger charge is -2.36. The number of nitrogens with one attached hydrogen (secondary N) is 1. The maximum absolute atomic E-state index is 5.34. The second-order valence-corrected chi connectivity index (χ2v) is 6.26. The summed E-state index contributed by atoms with van der Waals surface area (Å²) in [6, 6.07) is 6.79. The van der Waals surface area contributed by atoms with Gasteiger partial charge in [-0.15, -0.1) is 0 Å². The molecule has 2 atom stereocenters. The lowest BCUT2D eigenvalue weighted by molar-refractivity contribution is 0.268. The van der Waals surface area contributed by atoms with Crippen LogP contribution in [-0.2, 0) is 0 Å². The van der Waals surface area contributed by atoms with Crippen LogP contribution in [0.3, 0.4) is 0 Å². The van der Waals surface area contributed by atoms with E-state index in [1.54, 1.807) is 7.11 Å². The number of ether oxygens (including phenoxy) is 1. The van der Waals surface area contributed by atoms with Crippen molar-refractivity contribution in [3.05, 3.63) is 22.7 Å². The van der Waals surface area contributed by atoms with Crippen LogP contribution in [-0.4, -0.2) is 13.2 Å². The van der Waals surface area contributed by atoms with Crippen molar-refractivity contribution in [3.8, 4) is 5.75 Å². The van der Waals surface area contributed by atoms with Crippen LogP contribution in [0.2, 0.25) is 0 Å². The fraction of sp³-hybridized carbons (Fsp3) is 0.600. The summed E-state index contributed by atoms with van der Waals surface area (Å²) in [7, 11) is 1.70. The molecule has 3 heteroatoms. The summed E-state index contributed by atoms with van der Waals surface area (Å²) in [6.45, 7) is 4.70. The Hall–Kier alpha value is -0.700. The fourth-order valence-corrected chi connectivity index (χ4v) is 3.32. The first-order valence-electron chi connectivity index (χ1n) is 6.72. The second kappa shape index (κ2) is 5.96. The van der Waals surface area contributed by atoms with Gasteiger partial charge in [-0.1, -0.05) is 20.3 Å². The van der Waals surface area contributed by atoms with E-state index in [1.807, 2.05) is 6.07 Å². The Morgan fingerprint density at radius 2 is 1.89 bits per heavy atom. The van der Waals surface area contributed by atoms with E-state index < -0.39 is 0 Å². The standard InChI is InChI=1S/C15H22BrNO/c1-10-5-4-6-11(2)15(10)17-12-7-8-13(16)14(9-12)18-3/h7-11,15,17H,4-6H2,1-3H3. The third-order valence-corrected chi connectivity index (χ3v) is 4.68. The minimum absolute atomic E-state index is 0.574. The molecule has 0 bridgehead atoms. The van der Waals surface area contributed by atoms with Crippen molar-refractivity contribution in [2.24, 2.45) is 11.8 Å². The summed E-state index contributed by atoms with van der Waals surface area (Å²) >= 11 is 3.49. The van der Waals surface area contributed by atoms with E-state index in [0.29, 0.717) is 6.04 Å². The number of rotatable bonds is 3. The molecule has 0 aromatic heterocycles. The van der Waals surface area contributed by atoms with E-state index in [2.05, 4.69) is 47.2 Å². The van der Waals surface area contributed by atoms with E-state index in [4.69, 9.17) is 4.74 Å². The maximum atomic E-state index is 5.34. The third-order valence-electron chi connectivity index (χ3n) is 4.03. The summed E-state index contributed by atoms with van der Waals surface area (Å²) in [5.41, 5.74) is 1.15. The molecule has 2 nitrogen and oxygen atoms in total. The highest BCUT2D eigenvalue weighted by Gasteiger charge is 2.27. The number of hydrogen-bond donors (Lipinski definition) is 1. The quantitative estimate of drug-likeness (QED) is 0.874. The molecular formula is C15H22BrNO. The Kier molecular flexibility index (Phi) is 4.55. The van der Waals surface area contributed by atoms with E-state index in [9.17, 15) is 0 Å². The topological polar surface area (TPSA) is 21.3 Å². The predicted octanol–water partition coefficient (Wildman–Crippen LogP) is 4.69. The van der Waals surface area contributed by atoms with Crippen LogP contribution in [0, 0.1) is 11.8 Å². The Bertz CT molecular complexity index is 397. The Morgan fingerprint density at radius 1 is 1.22 bits per heavy atom. The van der Waals surface area contributed by atoms with Gasteiger partial charge in [0.25, 0.3) is 0 Å². The highest BCUT2D eigenvalue weighted by Crippen LogP contribution is 2.33. The van der Waals surface area contributed by atoms with Gasteiger partial charge < -0.3 is 10.1 Å². The van der Waals surface area contributed by atoms with E-state index in [-0.39, 0.29) is 0 Å². The van der Waals surface area contributed by atoms with Crippen LogP contribution < -0.4 is 10.1 Å². The Morgan fingerprint density at radius 3 is 2.50 bits per heavy atom. The van der Waals surface area contributed by atoms with Gasteiger partial charge in [-0.2, -0.15) is 0 Å². The predicted molar refractivity (Wildman–Crippen MR) is 80.3 cm³/mol. The van der Waals surface area contributed by atoms with Gasteiger partial charge in [0.05, 0.1) is 11.6 Å². The van der Waals surface area contributed by atoms with Gasteiger partial charge in [0.15, 0.2) is 0 Å². The average molecular weight is 312 g/mol. The van der Waals surface area contributed by atoms with Crippen LogP contribution in [0.5, 0.6) is 5.75 Å². The number of halogens is 1. The number of methoxy groups -OCH3 is 1. The second-order valence-electron chi connectivity index (χ2n) is 5.40. The Balaban J connectivity index is 2.12. The Labute approximate surface area is 118 Å². The summed E-state index contributed by atoms with van der Waals surface area (Å²) < 4.78 is 6.34. The molecule has 2 rings (SSSR count). The molecule has 1 fully saturated rings. The summed E-state index contributed by atoms with van der Waals surface area (Å²) in [5, 5.41) is 3.68. The molecule has 1 aromatic carbocycles. The van der Waals surface area contributed by atoms with Crippen molar-refractivity contribution < 1.29 is 4.74 Å². The normalized spacial score (nSPS) is 27.9. The monoisotopic (exact) mass is 311 g/mol. The molecule has 0 heterocycles. The summed E-state index contributed by atoms with van der Waals surface area (Å²) in [4.78, 5) is 0. The summed E-state index contributed by atoms with van der Waals surface area (Å²) in [5.74, 6) is 2.36. The molecule has 0 amide bonds. The van der Waals surface area contributed by atoms with Gasteiger partial charge in [-0.25, -0.2) is 0 Å². The zero-order valence-electron chi connectivity index (χ0n) is 11.4. The van der Waals surface area contributed by atoms with Crippen molar-refractivity contribution in [2.45, 2.75) is 39.2 Å². The average Bonchev–Trinajstić information content (AvgIpc) is 2.36. The van der Waals surface area contributed by atoms with Gasteiger partial charge >= 0.3 is 0 Å².